The van der Waals surface area contributed by atoms with Crippen molar-refractivity contribution in [1.29, 1.82) is 0 Å². The normalized spacial score (nSPS) is 18.7. The average molecular weight is 331 g/mol. The molecule has 6 heteroatoms. The number of aromatic nitrogens is 2. The molecule has 128 valence electrons. The SMILES string of the molecule is CC(C)(C)C(=O)N1CCCCC1c1nc(-c2ccc(F)cc2)no1. The molecule has 0 radical (unpaired) electrons. The van der Waals surface area contributed by atoms with Crippen LogP contribution >= 0.6 is 0 Å². The molecule has 1 atom stereocenters. The third-order valence-corrected chi connectivity index (χ3v) is 4.23. The van der Waals surface area contributed by atoms with Crippen LogP contribution in [0.15, 0.2) is 28.8 Å². The number of nitrogens with zero attached hydrogens (tertiary/aromatic N) is 3. The van der Waals surface area contributed by atoms with E-state index in [2.05, 4.69) is 10.1 Å². The Morgan fingerprint density at radius 1 is 1.25 bits per heavy atom. The Morgan fingerprint density at radius 2 is 1.96 bits per heavy atom. The number of amides is 1. The summed E-state index contributed by atoms with van der Waals surface area (Å²) in [7, 11) is 0. The van der Waals surface area contributed by atoms with Crippen LogP contribution in [0.3, 0.4) is 0 Å². The van der Waals surface area contributed by atoms with E-state index >= 15 is 0 Å². The van der Waals surface area contributed by atoms with Crippen molar-refractivity contribution in [3.05, 3.63) is 36.0 Å². The van der Waals surface area contributed by atoms with Gasteiger partial charge in [0.05, 0.1) is 0 Å². The van der Waals surface area contributed by atoms with Crippen molar-refractivity contribution in [3.8, 4) is 11.4 Å². The Morgan fingerprint density at radius 3 is 2.62 bits per heavy atom. The highest BCUT2D eigenvalue weighted by Crippen LogP contribution is 2.34. The van der Waals surface area contributed by atoms with Gasteiger partial charge < -0.3 is 9.42 Å². The molecule has 1 aromatic heterocycles. The van der Waals surface area contributed by atoms with Crippen LogP contribution in [0.4, 0.5) is 4.39 Å². The maximum atomic E-state index is 13.0. The Bertz CT molecular complexity index is 719. The number of halogens is 1. The van der Waals surface area contributed by atoms with Gasteiger partial charge in [0.1, 0.15) is 11.9 Å². The zero-order valence-corrected chi connectivity index (χ0v) is 14.3. The van der Waals surface area contributed by atoms with Crippen molar-refractivity contribution in [3.63, 3.8) is 0 Å². The molecule has 0 bridgehead atoms. The van der Waals surface area contributed by atoms with E-state index in [0.717, 1.165) is 19.3 Å². The molecule has 0 saturated carbocycles. The van der Waals surface area contributed by atoms with E-state index < -0.39 is 5.41 Å². The molecule has 24 heavy (non-hydrogen) atoms. The number of hydrogen-bond donors (Lipinski definition) is 0. The smallest absolute Gasteiger partial charge is 0.249 e. The number of carbonyl (C=O) groups excluding carboxylic acids is 1. The summed E-state index contributed by atoms with van der Waals surface area (Å²) in [5, 5.41) is 4.00. The van der Waals surface area contributed by atoms with Gasteiger partial charge in [0.2, 0.25) is 17.6 Å². The number of likely N-dealkylation sites (tertiary alicyclic amines) is 1. The predicted molar refractivity (Wildman–Crippen MR) is 87.5 cm³/mol. The highest BCUT2D eigenvalue weighted by Gasteiger charge is 2.36. The van der Waals surface area contributed by atoms with Crippen LogP contribution in [-0.2, 0) is 4.79 Å². The summed E-state index contributed by atoms with van der Waals surface area (Å²) >= 11 is 0. The molecule has 1 amide bonds. The van der Waals surface area contributed by atoms with Gasteiger partial charge in [0.15, 0.2) is 0 Å². The molecular weight excluding hydrogens is 309 g/mol. The first-order chi connectivity index (χ1) is 11.4. The zero-order chi connectivity index (χ0) is 17.3. The largest absolute Gasteiger partial charge is 0.337 e. The standard InChI is InChI=1S/C18H22FN3O2/c1-18(2,3)17(23)22-11-5-4-6-14(22)16-20-15(21-24-16)12-7-9-13(19)10-8-12/h7-10,14H,4-6,11H2,1-3H3. The first-order valence-electron chi connectivity index (χ1n) is 8.27. The number of carbonyl (C=O) groups is 1. The summed E-state index contributed by atoms with van der Waals surface area (Å²) in [6, 6.07) is 5.77. The Hall–Kier alpha value is -2.24. The van der Waals surface area contributed by atoms with Gasteiger partial charge in [-0.05, 0) is 43.5 Å². The molecule has 3 rings (SSSR count). The fraction of sp³-hybridized carbons (Fsp3) is 0.500. The fourth-order valence-corrected chi connectivity index (χ4v) is 2.95. The highest BCUT2D eigenvalue weighted by atomic mass is 19.1. The molecule has 1 aliphatic heterocycles. The summed E-state index contributed by atoms with van der Waals surface area (Å²) in [4.78, 5) is 19.0. The lowest BCUT2D eigenvalue weighted by molar-refractivity contribution is -0.144. The lowest BCUT2D eigenvalue weighted by atomic mass is 9.91. The Kier molecular flexibility index (Phi) is 4.39. The minimum atomic E-state index is -0.449. The van der Waals surface area contributed by atoms with Gasteiger partial charge in [-0.1, -0.05) is 25.9 Å². The molecule has 2 heterocycles. The number of rotatable bonds is 2. The maximum absolute atomic E-state index is 13.0. The van der Waals surface area contributed by atoms with E-state index in [1.54, 1.807) is 12.1 Å². The van der Waals surface area contributed by atoms with Crippen LogP contribution in [0.5, 0.6) is 0 Å². The molecule has 1 fully saturated rings. The predicted octanol–water partition coefficient (Wildman–Crippen LogP) is 3.98. The van der Waals surface area contributed by atoms with Crippen molar-refractivity contribution in [2.45, 2.75) is 46.1 Å². The van der Waals surface area contributed by atoms with Crippen LogP contribution < -0.4 is 0 Å². The summed E-state index contributed by atoms with van der Waals surface area (Å²) in [6.45, 7) is 6.45. The van der Waals surface area contributed by atoms with Crippen molar-refractivity contribution < 1.29 is 13.7 Å². The molecule has 1 aliphatic rings. The molecule has 0 spiro atoms. The molecule has 5 nitrogen and oxygen atoms in total. The van der Waals surface area contributed by atoms with Gasteiger partial charge in [-0.3, -0.25) is 4.79 Å². The van der Waals surface area contributed by atoms with Crippen LogP contribution in [0.2, 0.25) is 0 Å². The van der Waals surface area contributed by atoms with E-state index in [0.29, 0.717) is 23.8 Å². The van der Waals surface area contributed by atoms with Crippen LogP contribution in [0, 0.1) is 11.2 Å². The number of benzene rings is 1. The quantitative estimate of drug-likeness (QED) is 0.835. The summed E-state index contributed by atoms with van der Waals surface area (Å²) < 4.78 is 18.5. The van der Waals surface area contributed by atoms with Crippen LogP contribution in [0.1, 0.15) is 52.0 Å². The average Bonchev–Trinajstić information content (AvgIpc) is 3.04. The van der Waals surface area contributed by atoms with E-state index in [-0.39, 0.29) is 17.8 Å². The molecule has 2 aromatic rings. The summed E-state index contributed by atoms with van der Waals surface area (Å²) in [6.07, 6.45) is 2.82. The second-order valence-corrected chi connectivity index (χ2v) is 7.22. The third kappa shape index (κ3) is 3.32. The molecule has 1 unspecified atom stereocenters. The van der Waals surface area contributed by atoms with E-state index in [4.69, 9.17) is 4.52 Å². The number of hydrogen-bond acceptors (Lipinski definition) is 4. The molecular formula is C18H22FN3O2. The second kappa shape index (κ2) is 6.34. The minimum Gasteiger partial charge on any atom is -0.337 e. The Labute approximate surface area is 140 Å². The lowest BCUT2D eigenvalue weighted by Crippen LogP contribution is -2.44. The monoisotopic (exact) mass is 331 g/mol. The first kappa shape index (κ1) is 16.6. The van der Waals surface area contributed by atoms with E-state index in [1.165, 1.54) is 12.1 Å². The topological polar surface area (TPSA) is 59.2 Å². The number of piperidine rings is 1. The van der Waals surface area contributed by atoms with Gasteiger partial charge in [0, 0.05) is 17.5 Å². The lowest BCUT2D eigenvalue weighted by Gasteiger charge is -2.37. The van der Waals surface area contributed by atoms with Crippen LogP contribution in [-0.4, -0.2) is 27.5 Å². The highest BCUT2D eigenvalue weighted by molar-refractivity contribution is 5.82. The van der Waals surface area contributed by atoms with Crippen molar-refractivity contribution in [1.82, 2.24) is 15.0 Å². The molecule has 1 saturated heterocycles. The minimum absolute atomic E-state index is 0.0914. The second-order valence-electron chi connectivity index (χ2n) is 7.22. The molecule has 1 aromatic carbocycles. The van der Waals surface area contributed by atoms with E-state index in [1.807, 2.05) is 25.7 Å². The zero-order valence-electron chi connectivity index (χ0n) is 14.3. The van der Waals surface area contributed by atoms with Crippen molar-refractivity contribution >= 4 is 5.91 Å². The Balaban J connectivity index is 1.87. The van der Waals surface area contributed by atoms with Crippen molar-refractivity contribution in [2.24, 2.45) is 5.41 Å². The third-order valence-electron chi connectivity index (χ3n) is 4.23. The van der Waals surface area contributed by atoms with Gasteiger partial charge >= 0.3 is 0 Å². The fourth-order valence-electron chi connectivity index (χ4n) is 2.95. The van der Waals surface area contributed by atoms with Gasteiger partial charge in [-0.15, -0.1) is 0 Å². The summed E-state index contributed by atoms with van der Waals surface area (Å²) in [5.41, 5.74) is 0.242. The van der Waals surface area contributed by atoms with E-state index in [9.17, 15) is 9.18 Å². The molecule has 0 N–H and O–H groups in total. The van der Waals surface area contributed by atoms with Crippen molar-refractivity contribution in [2.75, 3.05) is 6.54 Å². The van der Waals surface area contributed by atoms with Gasteiger partial charge in [-0.2, -0.15) is 4.98 Å². The molecule has 0 aliphatic carbocycles. The van der Waals surface area contributed by atoms with Crippen LogP contribution in [0.25, 0.3) is 11.4 Å². The summed E-state index contributed by atoms with van der Waals surface area (Å²) in [5.74, 6) is 0.649. The van der Waals surface area contributed by atoms with Gasteiger partial charge in [0.25, 0.3) is 0 Å². The maximum Gasteiger partial charge on any atom is 0.249 e. The first-order valence-corrected chi connectivity index (χ1v) is 8.27. The van der Waals surface area contributed by atoms with Gasteiger partial charge in [-0.25, -0.2) is 4.39 Å².